The number of nitrogens with one attached hydrogen (secondary N) is 1. The molecule has 3 heterocycles. The number of fused-ring (bicyclic) bond motifs is 1. The van der Waals surface area contributed by atoms with Crippen LogP contribution in [0.3, 0.4) is 0 Å². The maximum atomic E-state index is 14.2. The summed E-state index contributed by atoms with van der Waals surface area (Å²) >= 11 is 13.0. The molecular formula is C23H12Cl2FN7O3. The van der Waals surface area contributed by atoms with Crippen LogP contribution < -0.4 is 16.8 Å². The Bertz CT molecular complexity index is 1880. The van der Waals surface area contributed by atoms with E-state index in [0.717, 1.165) is 4.68 Å². The minimum absolute atomic E-state index is 0.0169. The van der Waals surface area contributed by atoms with E-state index in [9.17, 15) is 18.8 Å². The van der Waals surface area contributed by atoms with E-state index in [1.54, 1.807) is 24.3 Å². The summed E-state index contributed by atoms with van der Waals surface area (Å²) in [5.74, 6) is -0.443. The molecule has 0 spiro atoms. The number of halogens is 3. The molecule has 0 unspecified atom stereocenters. The van der Waals surface area contributed by atoms with Crippen molar-refractivity contribution >= 4 is 34.2 Å². The number of benzene rings is 2. The van der Waals surface area contributed by atoms with Gasteiger partial charge in [0.1, 0.15) is 17.6 Å². The van der Waals surface area contributed by atoms with Crippen molar-refractivity contribution in [3.05, 3.63) is 113 Å². The molecule has 0 bridgehead atoms. The molecule has 2 aromatic carbocycles. The SMILES string of the molecule is N#Cc1nn(-c2cc(Cl)c(-n3ncc4c3ccc(=O)n4Cc3ccccc3F)c(Cl)c2)c(=O)[nH]c1=O. The van der Waals surface area contributed by atoms with E-state index in [-0.39, 0.29) is 33.5 Å². The number of pyridine rings is 1. The normalized spacial score (nSPS) is 11.1. The van der Waals surface area contributed by atoms with Gasteiger partial charge in [0.05, 0.1) is 39.5 Å². The lowest BCUT2D eigenvalue weighted by Crippen LogP contribution is -2.33. The first-order valence-corrected chi connectivity index (χ1v) is 11.0. The Labute approximate surface area is 210 Å². The zero-order valence-electron chi connectivity index (χ0n) is 17.9. The number of aromatic nitrogens is 6. The van der Waals surface area contributed by atoms with Crippen LogP contribution in [0.15, 0.2) is 69.1 Å². The number of nitriles is 1. The summed E-state index contributed by atoms with van der Waals surface area (Å²) in [5, 5.41) is 17.3. The Hall–Kier alpha value is -4.53. The van der Waals surface area contributed by atoms with Crippen LogP contribution in [-0.2, 0) is 6.54 Å². The second-order valence-corrected chi connectivity index (χ2v) is 8.38. The summed E-state index contributed by atoms with van der Waals surface area (Å²) in [7, 11) is 0. The molecule has 0 aliphatic carbocycles. The second kappa shape index (κ2) is 8.92. The number of rotatable bonds is 4. The lowest BCUT2D eigenvalue weighted by Gasteiger charge is -2.13. The van der Waals surface area contributed by atoms with Crippen LogP contribution >= 0.6 is 23.2 Å². The molecule has 0 aliphatic heterocycles. The Morgan fingerprint density at radius 2 is 1.72 bits per heavy atom. The molecule has 1 N–H and O–H groups in total. The fourth-order valence-corrected chi connectivity index (χ4v) is 4.37. The highest BCUT2D eigenvalue weighted by molar-refractivity contribution is 6.38. The standard InChI is InChI=1S/C23H12Cl2FN7O3/c24-14-7-13(32-23(36)29-22(35)17(9-27)30-32)8-15(25)21(14)33-18-5-6-20(34)31(19(18)10-28-33)11-12-3-1-2-4-16(12)26/h1-8,10H,11H2,(H,29,35,36). The summed E-state index contributed by atoms with van der Waals surface area (Å²) < 4.78 is 17.8. The van der Waals surface area contributed by atoms with Gasteiger partial charge in [-0.2, -0.15) is 15.0 Å². The van der Waals surface area contributed by atoms with Gasteiger partial charge < -0.3 is 4.57 Å². The van der Waals surface area contributed by atoms with Gasteiger partial charge in [0, 0.05) is 11.6 Å². The van der Waals surface area contributed by atoms with Crippen molar-refractivity contribution in [1.29, 1.82) is 5.26 Å². The predicted octanol–water partition coefficient (Wildman–Crippen LogP) is 2.79. The van der Waals surface area contributed by atoms with E-state index < -0.39 is 22.8 Å². The molecule has 5 aromatic rings. The number of nitrogens with zero attached hydrogens (tertiary/aromatic N) is 6. The minimum atomic E-state index is -0.919. The highest BCUT2D eigenvalue weighted by Gasteiger charge is 2.18. The van der Waals surface area contributed by atoms with Gasteiger partial charge in [0.2, 0.25) is 5.69 Å². The van der Waals surface area contributed by atoms with Gasteiger partial charge in [0.15, 0.2) is 0 Å². The highest BCUT2D eigenvalue weighted by Crippen LogP contribution is 2.33. The summed E-state index contributed by atoms with van der Waals surface area (Å²) in [5.41, 5.74) is -1.13. The lowest BCUT2D eigenvalue weighted by molar-refractivity contribution is 0.599. The molecule has 3 aromatic heterocycles. The van der Waals surface area contributed by atoms with Crippen LogP contribution in [0.1, 0.15) is 11.3 Å². The quantitative estimate of drug-likeness (QED) is 0.385. The predicted molar refractivity (Wildman–Crippen MR) is 130 cm³/mol. The highest BCUT2D eigenvalue weighted by atomic mass is 35.5. The third-order valence-corrected chi connectivity index (χ3v) is 5.98. The Balaban J connectivity index is 1.65. The van der Waals surface area contributed by atoms with E-state index in [1.165, 1.54) is 45.8 Å². The van der Waals surface area contributed by atoms with Gasteiger partial charge in [0.25, 0.3) is 11.1 Å². The Morgan fingerprint density at radius 1 is 1.00 bits per heavy atom. The monoisotopic (exact) mass is 523 g/mol. The first kappa shape index (κ1) is 23.2. The van der Waals surface area contributed by atoms with Crippen molar-refractivity contribution in [3.8, 4) is 17.4 Å². The summed E-state index contributed by atoms with van der Waals surface area (Å²) in [6, 6.07) is 13.3. The largest absolute Gasteiger partial charge is 0.349 e. The van der Waals surface area contributed by atoms with Crippen molar-refractivity contribution < 1.29 is 4.39 Å². The lowest BCUT2D eigenvalue weighted by atomic mass is 10.2. The first-order chi connectivity index (χ1) is 17.3. The smallest absolute Gasteiger partial charge is 0.301 e. The average molecular weight is 524 g/mol. The van der Waals surface area contributed by atoms with Crippen molar-refractivity contribution in [3.63, 3.8) is 0 Å². The van der Waals surface area contributed by atoms with Crippen LogP contribution in [-0.4, -0.2) is 29.1 Å². The van der Waals surface area contributed by atoms with E-state index in [4.69, 9.17) is 28.5 Å². The number of hydrogen-bond donors (Lipinski definition) is 1. The van der Waals surface area contributed by atoms with E-state index >= 15 is 0 Å². The van der Waals surface area contributed by atoms with Crippen molar-refractivity contribution in [1.82, 2.24) is 29.1 Å². The second-order valence-electron chi connectivity index (χ2n) is 7.57. The summed E-state index contributed by atoms with van der Waals surface area (Å²) in [4.78, 5) is 38.5. The fourth-order valence-electron chi connectivity index (χ4n) is 3.74. The number of H-pyrrole nitrogens is 1. The summed E-state index contributed by atoms with van der Waals surface area (Å²) in [6.07, 6.45) is 1.44. The molecule has 5 rings (SSSR count). The molecule has 178 valence electrons. The van der Waals surface area contributed by atoms with E-state index in [1.807, 2.05) is 4.98 Å². The molecule has 0 aliphatic rings. The van der Waals surface area contributed by atoms with Crippen LogP contribution in [0.5, 0.6) is 0 Å². The van der Waals surface area contributed by atoms with Gasteiger partial charge in [-0.25, -0.2) is 13.9 Å². The zero-order valence-corrected chi connectivity index (χ0v) is 19.5. The molecule has 0 saturated heterocycles. The fraction of sp³-hybridized carbons (Fsp3) is 0.0435. The van der Waals surface area contributed by atoms with Crippen molar-refractivity contribution in [2.24, 2.45) is 0 Å². The Morgan fingerprint density at radius 3 is 2.42 bits per heavy atom. The first-order valence-electron chi connectivity index (χ1n) is 10.2. The molecule has 0 amide bonds. The van der Waals surface area contributed by atoms with Crippen LogP contribution in [0.25, 0.3) is 22.4 Å². The third-order valence-electron chi connectivity index (χ3n) is 5.40. The molecule has 13 heteroatoms. The average Bonchev–Trinajstić information content (AvgIpc) is 3.25. The maximum absolute atomic E-state index is 14.2. The molecular weight excluding hydrogens is 512 g/mol. The maximum Gasteiger partial charge on any atom is 0.349 e. The molecule has 0 fully saturated rings. The van der Waals surface area contributed by atoms with Gasteiger partial charge >= 0.3 is 5.69 Å². The van der Waals surface area contributed by atoms with Gasteiger partial charge in [-0.05, 0) is 24.3 Å². The van der Waals surface area contributed by atoms with Gasteiger partial charge in [-0.3, -0.25) is 14.6 Å². The molecule has 36 heavy (non-hydrogen) atoms. The van der Waals surface area contributed by atoms with Gasteiger partial charge in [-0.1, -0.05) is 41.4 Å². The molecule has 0 saturated carbocycles. The number of hydrogen-bond acceptors (Lipinski definition) is 6. The van der Waals surface area contributed by atoms with Gasteiger partial charge in [-0.15, -0.1) is 5.10 Å². The van der Waals surface area contributed by atoms with Crippen LogP contribution in [0, 0.1) is 17.1 Å². The molecule has 0 radical (unpaired) electrons. The minimum Gasteiger partial charge on any atom is -0.301 e. The Kier molecular flexibility index (Phi) is 5.75. The van der Waals surface area contributed by atoms with Crippen LogP contribution in [0.4, 0.5) is 4.39 Å². The zero-order chi connectivity index (χ0) is 25.6. The summed E-state index contributed by atoms with van der Waals surface area (Å²) in [6.45, 7) is -0.0169. The van der Waals surface area contributed by atoms with E-state index in [2.05, 4.69) is 10.2 Å². The molecule has 0 atom stereocenters. The van der Waals surface area contributed by atoms with Crippen molar-refractivity contribution in [2.75, 3.05) is 0 Å². The van der Waals surface area contributed by atoms with E-state index in [0.29, 0.717) is 16.6 Å². The van der Waals surface area contributed by atoms with Crippen LogP contribution in [0.2, 0.25) is 10.0 Å². The third kappa shape index (κ3) is 3.88. The van der Waals surface area contributed by atoms with Crippen molar-refractivity contribution in [2.45, 2.75) is 6.54 Å². The molecule has 10 nitrogen and oxygen atoms in total. The topological polar surface area (TPSA) is 131 Å². The number of aromatic amines is 1.